The van der Waals surface area contributed by atoms with E-state index in [0.29, 0.717) is 6.42 Å². The molecule has 0 aliphatic rings. The zero-order chi connectivity index (χ0) is 13.9. The molecule has 0 aromatic heterocycles. The number of nitrogens with two attached hydrogens (primary N) is 1. The lowest BCUT2D eigenvalue weighted by Gasteiger charge is -2.19. The van der Waals surface area contributed by atoms with Gasteiger partial charge in [0.25, 0.3) is 0 Å². The quantitative estimate of drug-likeness (QED) is 0.886. The van der Waals surface area contributed by atoms with Crippen LogP contribution in [0.25, 0.3) is 0 Å². The molecule has 4 heteroatoms. The van der Waals surface area contributed by atoms with Crippen molar-refractivity contribution in [2.24, 2.45) is 5.73 Å². The molecule has 0 saturated heterocycles. The number of hydrogen-bond donors (Lipinski definition) is 1. The predicted octanol–water partition coefficient (Wildman–Crippen LogP) is 1.79. The summed E-state index contributed by atoms with van der Waals surface area (Å²) in [6, 6.07) is 3.69. The first-order chi connectivity index (χ1) is 8.36. The van der Waals surface area contributed by atoms with Crippen LogP contribution in [0.3, 0.4) is 0 Å². The number of carbonyl (C=O) groups is 1. The van der Waals surface area contributed by atoms with Crippen LogP contribution in [0.15, 0.2) is 12.1 Å². The monoisotopic (exact) mass is 250 g/mol. The van der Waals surface area contributed by atoms with Gasteiger partial charge in [-0.1, -0.05) is 6.07 Å². The first-order valence-electron chi connectivity index (χ1n) is 5.97. The van der Waals surface area contributed by atoms with E-state index in [2.05, 4.69) is 0 Å². The number of nitrogens with zero attached hydrogens (tertiary/aromatic N) is 1. The third-order valence-electron chi connectivity index (χ3n) is 3.08. The maximum atomic E-state index is 11.7. The van der Waals surface area contributed by atoms with E-state index < -0.39 is 0 Å². The molecule has 0 aliphatic carbocycles. The number of hydrogen-bond acceptors (Lipinski definition) is 3. The molecule has 1 aromatic rings. The minimum atomic E-state index is -0.274. The third-order valence-corrected chi connectivity index (χ3v) is 3.08. The molecule has 0 radical (unpaired) electrons. The molecule has 1 unspecified atom stereocenters. The number of carbonyl (C=O) groups excluding carboxylic acids is 1. The topological polar surface area (TPSA) is 55.6 Å². The average molecular weight is 250 g/mol. The van der Waals surface area contributed by atoms with Gasteiger partial charge in [0.2, 0.25) is 5.91 Å². The fourth-order valence-corrected chi connectivity index (χ4v) is 1.91. The Hall–Kier alpha value is -1.55. The highest BCUT2D eigenvalue weighted by Crippen LogP contribution is 2.27. The molecule has 1 atom stereocenters. The minimum Gasteiger partial charge on any atom is -0.496 e. The van der Waals surface area contributed by atoms with Crippen LogP contribution < -0.4 is 10.5 Å². The number of amides is 1. The summed E-state index contributed by atoms with van der Waals surface area (Å²) >= 11 is 0. The lowest BCUT2D eigenvalue weighted by atomic mass is 9.96. The summed E-state index contributed by atoms with van der Waals surface area (Å²) in [5, 5.41) is 0. The highest BCUT2D eigenvalue weighted by molar-refractivity contribution is 5.76. The van der Waals surface area contributed by atoms with Crippen LogP contribution in [0.5, 0.6) is 5.75 Å². The average Bonchev–Trinajstić information content (AvgIpc) is 2.31. The van der Waals surface area contributed by atoms with Gasteiger partial charge in [-0.25, -0.2) is 0 Å². The summed E-state index contributed by atoms with van der Waals surface area (Å²) in [7, 11) is 5.12. The van der Waals surface area contributed by atoms with Gasteiger partial charge in [-0.3, -0.25) is 4.79 Å². The Morgan fingerprint density at radius 2 is 1.94 bits per heavy atom. The van der Waals surface area contributed by atoms with Gasteiger partial charge in [0, 0.05) is 26.6 Å². The summed E-state index contributed by atoms with van der Waals surface area (Å²) in [5.74, 6) is 0.887. The van der Waals surface area contributed by atoms with E-state index in [-0.39, 0.29) is 11.9 Å². The fourth-order valence-electron chi connectivity index (χ4n) is 1.91. The zero-order valence-electron chi connectivity index (χ0n) is 11.8. The summed E-state index contributed by atoms with van der Waals surface area (Å²) < 4.78 is 5.26. The number of ether oxygens (including phenoxy) is 1. The Kier molecular flexibility index (Phi) is 4.73. The SMILES string of the molecule is COc1cc(C)c(C(N)CC(=O)N(C)C)cc1C. The molecule has 1 aromatic carbocycles. The second kappa shape index (κ2) is 5.87. The number of methoxy groups -OCH3 is 1. The van der Waals surface area contributed by atoms with Gasteiger partial charge >= 0.3 is 0 Å². The van der Waals surface area contributed by atoms with E-state index in [1.165, 1.54) is 0 Å². The van der Waals surface area contributed by atoms with Gasteiger partial charge in [-0.2, -0.15) is 0 Å². The first-order valence-corrected chi connectivity index (χ1v) is 5.97. The smallest absolute Gasteiger partial charge is 0.223 e. The van der Waals surface area contributed by atoms with Crippen LogP contribution in [-0.4, -0.2) is 32.0 Å². The van der Waals surface area contributed by atoms with Crippen molar-refractivity contribution in [1.29, 1.82) is 0 Å². The van der Waals surface area contributed by atoms with Crippen molar-refractivity contribution in [2.75, 3.05) is 21.2 Å². The molecule has 4 nitrogen and oxygen atoms in total. The summed E-state index contributed by atoms with van der Waals surface area (Å²) in [6.45, 7) is 3.96. The van der Waals surface area contributed by atoms with Crippen LogP contribution in [0.2, 0.25) is 0 Å². The molecule has 0 bridgehead atoms. The normalized spacial score (nSPS) is 12.1. The van der Waals surface area contributed by atoms with E-state index in [4.69, 9.17) is 10.5 Å². The lowest BCUT2D eigenvalue weighted by molar-refractivity contribution is -0.129. The highest BCUT2D eigenvalue weighted by atomic mass is 16.5. The molecular formula is C14H22N2O2. The molecule has 0 fully saturated rings. The van der Waals surface area contributed by atoms with Crippen molar-refractivity contribution in [2.45, 2.75) is 26.3 Å². The Morgan fingerprint density at radius 3 is 2.44 bits per heavy atom. The summed E-state index contributed by atoms with van der Waals surface area (Å²) in [5.41, 5.74) is 9.20. The van der Waals surface area contributed by atoms with Gasteiger partial charge in [-0.15, -0.1) is 0 Å². The third kappa shape index (κ3) is 3.23. The Morgan fingerprint density at radius 1 is 1.33 bits per heavy atom. The van der Waals surface area contributed by atoms with E-state index in [9.17, 15) is 4.79 Å². The molecule has 100 valence electrons. The maximum Gasteiger partial charge on any atom is 0.223 e. The van der Waals surface area contributed by atoms with E-state index in [1.54, 1.807) is 26.1 Å². The Bertz CT molecular complexity index is 442. The zero-order valence-corrected chi connectivity index (χ0v) is 11.8. The molecule has 1 amide bonds. The molecule has 0 spiro atoms. The maximum absolute atomic E-state index is 11.7. The van der Waals surface area contributed by atoms with Crippen molar-refractivity contribution in [3.63, 3.8) is 0 Å². The molecule has 18 heavy (non-hydrogen) atoms. The van der Waals surface area contributed by atoms with E-state index in [0.717, 1.165) is 22.4 Å². The first kappa shape index (κ1) is 14.5. The van der Waals surface area contributed by atoms with Crippen LogP contribution in [0.4, 0.5) is 0 Å². The number of benzene rings is 1. The van der Waals surface area contributed by atoms with Gasteiger partial charge in [0.15, 0.2) is 0 Å². The molecular weight excluding hydrogens is 228 g/mol. The van der Waals surface area contributed by atoms with Crippen LogP contribution in [-0.2, 0) is 4.79 Å². The Balaban J connectivity index is 2.96. The van der Waals surface area contributed by atoms with Gasteiger partial charge < -0.3 is 15.4 Å². The number of rotatable bonds is 4. The fraction of sp³-hybridized carbons (Fsp3) is 0.500. The van der Waals surface area contributed by atoms with E-state index >= 15 is 0 Å². The second-order valence-electron chi connectivity index (χ2n) is 4.78. The van der Waals surface area contributed by atoms with Crippen LogP contribution in [0, 0.1) is 13.8 Å². The van der Waals surface area contributed by atoms with Crippen molar-refractivity contribution in [3.05, 3.63) is 28.8 Å². The largest absolute Gasteiger partial charge is 0.496 e. The van der Waals surface area contributed by atoms with E-state index in [1.807, 2.05) is 26.0 Å². The molecule has 1 rings (SSSR count). The van der Waals surface area contributed by atoms with Gasteiger partial charge in [-0.05, 0) is 36.6 Å². The van der Waals surface area contributed by atoms with Crippen molar-refractivity contribution >= 4 is 5.91 Å². The van der Waals surface area contributed by atoms with Gasteiger partial charge in [0.05, 0.1) is 7.11 Å². The van der Waals surface area contributed by atoms with Gasteiger partial charge in [0.1, 0.15) is 5.75 Å². The lowest BCUT2D eigenvalue weighted by Crippen LogP contribution is -2.26. The number of aryl methyl sites for hydroxylation is 2. The molecule has 0 aliphatic heterocycles. The van der Waals surface area contributed by atoms with Crippen molar-refractivity contribution in [1.82, 2.24) is 4.90 Å². The summed E-state index contributed by atoms with van der Waals surface area (Å²) in [4.78, 5) is 13.2. The standard InChI is InChI=1S/C14H22N2O2/c1-9-7-13(18-5)10(2)6-11(9)12(15)8-14(17)16(3)4/h6-7,12H,8,15H2,1-5H3. The van der Waals surface area contributed by atoms with Crippen LogP contribution >= 0.6 is 0 Å². The minimum absolute atomic E-state index is 0.0374. The second-order valence-corrected chi connectivity index (χ2v) is 4.78. The highest BCUT2D eigenvalue weighted by Gasteiger charge is 2.16. The van der Waals surface area contributed by atoms with Crippen LogP contribution in [0.1, 0.15) is 29.2 Å². The Labute approximate surface area is 109 Å². The molecule has 0 saturated carbocycles. The van der Waals surface area contributed by atoms with Crippen molar-refractivity contribution in [3.8, 4) is 5.75 Å². The molecule has 0 heterocycles. The van der Waals surface area contributed by atoms with Crippen molar-refractivity contribution < 1.29 is 9.53 Å². The predicted molar refractivity (Wildman–Crippen MR) is 72.7 cm³/mol. The summed E-state index contributed by atoms with van der Waals surface area (Å²) in [6.07, 6.45) is 0.319. The molecule has 2 N–H and O–H groups in total.